The van der Waals surface area contributed by atoms with E-state index in [4.69, 9.17) is 4.74 Å². The number of anilines is 6. The molecule has 48 heavy (non-hydrogen) atoms. The quantitative estimate of drug-likeness (QED) is 0.191. The monoisotopic (exact) mass is 618 g/mol. The van der Waals surface area contributed by atoms with Gasteiger partial charge in [0.05, 0.1) is 17.1 Å². The lowest BCUT2D eigenvalue weighted by molar-refractivity contribution is 0.471. The smallest absolute Gasteiger partial charge is 0.152 e. The van der Waals surface area contributed by atoms with E-state index in [0.717, 1.165) is 51.1 Å². The van der Waals surface area contributed by atoms with Crippen LogP contribution >= 0.6 is 0 Å². The summed E-state index contributed by atoms with van der Waals surface area (Å²) in [5.41, 5.74) is 13.7. The fourth-order valence-corrected chi connectivity index (χ4v) is 7.38. The van der Waals surface area contributed by atoms with Gasteiger partial charge >= 0.3 is 0 Å². The molecule has 0 aliphatic carbocycles. The van der Waals surface area contributed by atoms with E-state index in [1.165, 1.54) is 27.9 Å². The molecule has 0 radical (unpaired) electrons. The topological polar surface area (TPSA) is 15.7 Å². The molecular weight excluding hydrogens is 585 g/mol. The summed E-state index contributed by atoms with van der Waals surface area (Å²) in [7, 11) is 0. The van der Waals surface area contributed by atoms with Crippen molar-refractivity contribution in [2.24, 2.45) is 0 Å². The first-order chi connectivity index (χ1) is 23.6. The second-order valence-electron chi connectivity index (χ2n) is 13.1. The van der Waals surface area contributed by atoms with Crippen LogP contribution in [0.1, 0.15) is 25.0 Å². The minimum atomic E-state index is -0.234. The van der Waals surface area contributed by atoms with Crippen LogP contribution in [-0.4, -0.2) is 0 Å². The molecule has 2 aliphatic heterocycles. The lowest BCUT2D eigenvalue weighted by Crippen LogP contribution is -2.32. The highest BCUT2D eigenvalue weighted by Gasteiger charge is 2.42. The number of hydrogen-bond donors (Lipinski definition) is 0. The number of para-hydroxylation sites is 3. The van der Waals surface area contributed by atoms with E-state index in [9.17, 15) is 0 Å². The van der Waals surface area contributed by atoms with E-state index in [1.807, 2.05) is 0 Å². The predicted molar refractivity (Wildman–Crippen MR) is 199 cm³/mol. The maximum Gasteiger partial charge on any atom is 0.152 e. The van der Waals surface area contributed by atoms with Crippen molar-refractivity contribution in [1.29, 1.82) is 0 Å². The van der Waals surface area contributed by atoms with Crippen molar-refractivity contribution >= 4 is 34.1 Å². The van der Waals surface area contributed by atoms with E-state index in [1.54, 1.807) is 0 Å². The zero-order valence-electron chi connectivity index (χ0n) is 27.0. The van der Waals surface area contributed by atoms with E-state index >= 15 is 0 Å². The van der Waals surface area contributed by atoms with Crippen molar-refractivity contribution in [2.75, 3.05) is 9.80 Å². The molecule has 3 heteroatoms. The molecule has 7 aromatic carbocycles. The Hall–Kier alpha value is -6.06. The van der Waals surface area contributed by atoms with Gasteiger partial charge in [0.1, 0.15) is 0 Å². The number of fused-ring (bicyclic) bond motifs is 4. The molecule has 0 unspecified atom stereocenters. The van der Waals surface area contributed by atoms with Gasteiger partial charge in [-0.25, -0.2) is 0 Å². The summed E-state index contributed by atoms with van der Waals surface area (Å²) in [6, 6.07) is 60.5. The number of nitrogens with zero attached hydrogens (tertiary/aromatic N) is 2. The van der Waals surface area contributed by atoms with Gasteiger partial charge < -0.3 is 14.5 Å². The number of rotatable bonds is 5. The van der Waals surface area contributed by atoms with Gasteiger partial charge in [-0.3, -0.25) is 0 Å². The molecule has 0 amide bonds. The van der Waals surface area contributed by atoms with Gasteiger partial charge in [-0.1, -0.05) is 117 Å². The van der Waals surface area contributed by atoms with Crippen molar-refractivity contribution in [3.63, 3.8) is 0 Å². The Labute approximate surface area is 281 Å². The van der Waals surface area contributed by atoms with Crippen molar-refractivity contribution in [2.45, 2.75) is 19.3 Å². The molecule has 0 spiro atoms. The van der Waals surface area contributed by atoms with E-state index < -0.39 is 0 Å². The minimum absolute atomic E-state index is 0.234. The molecule has 7 aromatic rings. The molecule has 0 saturated heterocycles. The van der Waals surface area contributed by atoms with Gasteiger partial charge in [0.15, 0.2) is 11.5 Å². The number of hydrogen-bond acceptors (Lipinski definition) is 3. The normalized spacial score (nSPS) is 13.5. The second kappa shape index (κ2) is 11.0. The van der Waals surface area contributed by atoms with Crippen LogP contribution < -0.4 is 14.5 Å². The Kier molecular flexibility index (Phi) is 6.48. The van der Waals surface area contributed by atoms with E-state index in [0.29, 0.717) is 0 Å². The largest absolute Gasteiger partial charge is 0.453 e. The van der Waals surface area contributed by atoms with Crippen LogP contribution in [0.2, 0.25) is 0 Å². The number of ether oxygens (including phenoxy) is 1. The zero-order chi connectivity index (χ0) is 32.2. The molecule has 0 fully saturated rings. The third-order valence-corrected chi connectivity index (χ3v) is 9.80. The molecule has 0 bridgehead atoms. The number of benzene rings is 7. The van der Waals surface area contributed by atoms with Gasteiger partial charge in [0.2, 0.25) is 0 Å². The third-order valence-electron chi connectivity index (χ3n) is 9.80. The molecule has 9 rings (SSSR count). The zero-order valence-corrected chi connectivity index (χ0v) is 27.0. The van der Waals surface area contributed by atoms with Crippen molar-refractivity contribution < 1.29 is 4.74 Å². The predicted octanol–water partition coefficient (Wildman–Crippen LogP) is 12.7. The van der Waals surface area contributed by atoms with Crippen LogP contribution in [0.25, 0.3) is 22.3 Å². The lowest BCUT2D eigenvalue weighted by Gasteiger charge is -2.45. The van der Waals surface area contributed by atoms with Crippen LogP contribution in [0.4, 0.5) is 34.1 Å². The first kappa shape index (κ1) is 28.2. The Balaban J connectivity index is 1.17. The average molecular weight is 619 g/mol. The van der Waals surface area contributed by atoms with Gasteiger partial charge in [-0.15, -0.1) is 0 Å². The van der Waals surface area contributed by atoms with E-state index in [-0.39, 0.29) is 5.41 Å². The average Bonchev–Trinajstić information content (AvgIpc) is 3.14. The maximum atomic E-state index is 6.81. The highest BCUT2D eigenvalue weighted by atomic mass is 16.5. The summed E-state index contributed by atoms with van der Waals surface area (Å²) in [5, 5.41) is 0. The molecule has 0 atom stereocenters. The van der Waals surface area contributed by atoms with E-state index in [2.05, 4.69) is 194 Å². The van der Waals surface area contributed by atoms with Crippen molar-refractivity contribution in [3.8, 4) is 33.8 Å². The Morgan fingerprint density at radius 1 is 0.438 bits per heavy atom. The molecule has 2 aliphatic rings. The fourth-order valence-electron chi connectivity index (χ4n) is 7.38. The molecule has 0 aromatic heterocycles. The van der Waals surface area contributed by atoms with Crippen LogP contribution in [0.3, 0.4) is 0 Å². The van der Waals surface area contributed by atoms with Crippen molar-refractivity contribution in [1.82, 2.24) is 0 Å². The summed E-state index contributed by atoms with van der Waals surface area (Å²) < 4.78 is 6.81. The summed E-state index contributed by atoms with van der Waals surface area (Å²) in [4.78, 5) is 4.71. The summed E-state index contributed by atoms with van der Waals surface area (Å²) >= 11 is 0. The van der Waals surface area contributed by atoms with Gasteiger partial charge in [-0.05, 0) is 100 Å². The molecule has 3 nitrogen and oxygen atoms in total. The van der Waals surface area contributed by atoms with Crippen LogP contribution in [-0.2, 0) is 5.41 Å². The molecular formula is C45H34N2O. The summed E-state index contributed by atoms with van der Waals surface area (Å²) in [5.74, 6) is 1.74. The third kappa shape index (κ3) is 4.51. The lowest BCUT2D eigenvalue weighted by atomic mass is 9.72. The second-order valence-corrected chi connectivity index (χ2v) is 13.1. The highest BCUT2D eigenvalue weighted by Crippen LogP contribution is 2.61. The first-order valence-electron chi connectivity index (χ1n) is 16.5. The molecule has 230 valence electrons. The minimum Gasteiger partial charge on any atom is -0.453 e. The first-order valence-corrected chi connectivity index (χ1v) is 16.5. The maximum absolute atomic E-state index is 6.81. The molecule has 0 N–H and O–H groups in total. The van der Waals surface area contributed by atoms with Gasteiger partial charge in [0, 0.05) is 22.5 Å². The standard InChI is InChI=1S/C45H34N2O/c1-45(2)38-20-12-13-21-40(38)47-41-29-33(31-14-6-3-7-15-31)24-27-42(41)48-43-30-34(28-39(45)44(43)47)32-22-25-37(26-23-32)46(35-16-8-4-9-17-35)36-18-10-5-11-19-36/h3-30H,1-2H3. The van der Waals surface area contributed by atoms with Crippen LogP contribution in [0, 0.1) is 0 Å². The summed E-state index contributed by atoms with van der Waals surface area (Å²) in [6.45, 7) is 4.67. The van der Waals surface area contributed by atoms with Crippen LogP contribution in [0.15, 0.2) is 170 Å². The highest BCUT2D eigenvalue weighted by molar-refractivity contribution is 5.96. The van der Waals surface area contributed by atoms with Gasteiger partial charge in [-0.2, -0.15) is 0 Å². The van der Waals surface area contributed by atoms with Gasteiger partial charge in [0.25, 0.3) is 0 Å². The van der Waals surface area contributed by atoms with Crippen molar-refractivity contribution in [3.05, 3.63) is 181 Å². The molecule has 2 heterocycles. The Morgan fingerprint density at radius 2 is 1.00 bits per heavy atom. The van der Waals surface area contributed by atoms with Crippen LogP contribution in [0.5, 0.6) is 11.5 Å². The SMILES string of the molecule is CC1(C)c2ccccc2N2c3cc(-c4ccccc4)ccc3Oc3cc(-c4ccc(N(c5ccccc5)c5ccccc5)cc4)cc1c32. The summed E-state index contributed by atoms with van der Waals surface area (Å²) in [6.07, 6.45) is 0. The fraction of sp³-hybridized carbons (Fsp3) is 0.0667. The Bertz CT molecular complexity index is 2240. The Morgan fingerprint density at radius 3 is 1.69 bits per heavy atom. The molecule has 0 saturated carbocycles.